The molecule has 284 valence electrons. The molecule has 48 heavy (non-hydrogen) atoms. The topological polar surface area (TPSA) is 92.7 Å². The van der Waals surface area contributed by atoms with E-state index in [9.17, 15) is 14.4 Å². The standard InChI is InChI=1S/C42H81NO5/c1-3-5-7-9-11-13-14-15-16-17-18-19-20-21-22-24-29-33-37-42(47)48-39(34-30-26-23-12-10-8-6-4-2)35-31-27-25-28-32-36-40(44)43-38-41(45)46/h39H,3-38H2,1-2H3,(H,43,44)(H,45,46). The molecule has 0 spiro atoms. The quantitative estimate of drug-likeness (QED) is 0.0498. The molecular formula is C42H81NO5. The predicted octanol–water partition coefficient (Wildman–Crippen LogP) is 12.8. The number of amides is 1. The Morgan fingerprint density at radius 1 is 0.458 bits per heavy atom. The van der Waals surface area contributed by atoms with E-state index in [2.05, 4.69) is 19.2 Å². The van der Waals surface area contributed by atoms with Crippen LogP contribution in [0.3, 0.4) is 0 Å². The maximum atomic E-state index is 12.7. The Hall–Kier alpha value is -1.59. The highest BCUT2D eigenvalue weighted by atomic mass is 16.5. The molecule has 0 aromatic carbocycles. The van der Waals surface area contributed by atoms with Gasteiger partial charge < -0.3 is 15.2 Å². The van der Waals surface area contributed by atoms with Crippen molar-refractivity contribution >= 4 is 17.8 Å². The molecule has 0 saturated carbocycles. The molecular weight excluding hydrogens is 598 g/mol. The molecule has 0 rings (SSSR count). The van der Waals surface area contributed by atoms with E-state index in [1.807, 2.05) is 0 Å². The summed E-state index contributed by atoms with van der Waals surface area (Å²) in [6, 6.07) is 0. The number of carboxylic acid groups (broad SMARTS) is 1. The highest BCUT2D eigenvalue weighted by molar-refractivity contribution is 5.80. The molecule has 0 bridgehead atoms. The second-order valence-electron chi connectivity index (χ2n) is 14.6. The van der Waals surface area contributed by atoms with Crippen LogP contribution in [-0.4, -0.2) is 35.6 Å². The second-order valence-corrected chi connectivity index (χ2v) is 14.6. The number of aliphatic carboxylic acids is 1. The lowest BCUT2D eigenvalue weighted by molar-refractivity contribution is -0.150. The number of carbonyl (C=O) groups is 3. The number of carbonyl (C=O) groups excluding carboxylic acids is 2. The number of carboxylic acids is 1. The Bertz CT molecular complexity index is 712. The molecule has 2 N–H and O–H groups in total. The van der Waals surface area contributed by atoms with Crippen LogP contribution < -0.4 is 5.32 Å². The van der Waals surface area contributed by atoms with E-state index in [1.165, 1.54) is 148 Å². The largest absolute Gasteiger partial charge is 0.480 e. The van der Waals surface area contributed by atoms with Gasteiger partial charge in [-0.05, 0) is 38.5 Å². The van der Waals surface area contributed by atoms with Gasteiger partial charge in [-0.2, -0.15) is 0 Å². The Labute approximate surface area is 298 Å². The minimum atomic E-state index is -1.01. The van der Waals surface area contributed by atoms with Gasteiger partial charge in [0, 0.05) is 12.8 Å². The van der Waals surface area contributed by atoms with Gasteiger partial charge in [0.05, 0.1) is 0 Å². The van der Waals surface area contributed by atoms with Crippen molar-refractivity contribution in [2.24, 2.45) is 0 Å². The van der Waals surface area contributed by atoms with Gasteiger partial charge in [-0.25, -0.2) is 0 Å². The first-order chi connectivity index (χ1) is 23.5. The van der Waals surface area contributed by atoms with Gasteiger partial charge in [0.25, 0.3) is 0 Å². The van der Waals surface area contributed by atoms with Crippen molar-refractivity contribution in [3.8, 4) is 0 Å². The van der Waals surface area contributed by atoms with E-state index in [-0.39, 0.29) is 24.5 Å². The Kier molecular flexibility index (Phi) is 36.9. The molecule has 1 atom stereocenters. The average molecular weight is 680 g/mol. The molecule has 0 heterocycles. The summed E-state index contributed by atoms with van der Waals surface area (Å²) in [4.78, 5) is 34.9. The lowest BCUT2D eigenvalue weighted by atomic mass is 10.0. The number of esters is 1. The molecule has 0 aromatic heterocycles. The molecule has 6 heteroatoms. The zero-order valence-corrected chi connectivity index (χ0v) is 32.1. The zero-order chi connectivity index (χ0) is 35.2. The van der Waals surface area contributed by atoms with Crippen LogP contribution in [0.5, 0.6) is 0 Å². The Balaban J connectivity index is 3.96. The van der Waals surface area contributed by atoms with Gasteiger partial charge in [-0.3, -0.25) is 14.4 Å². The van der Waals surface area contributed by atoms with Crippen LogP contribution in [0.2, 0.25) is 0 Å². The first kappa shape index (κ1) is 46.4. The first-order valence-electron chi connectivity index (χ1n) is 21.2. The highest BCUT2D eigenvalue weighted by Gasteiger charge is 2.14. The summed E-state index contributed by atoms with van der Waals surface area (Å²) < 4.78 is 6.01. The third-order valence-corrected chi connectivity index (χ3v) is 9.78. The van der Waals surface area contributed by atoms with Crippen LogP contribution in [0.4, 0.5) is 0 Å². The number of hydrogen-bond donors (Lipinski definition) is 2. The summed E-state index contributed by atoms with van der Waals surface area (Å²) >= 11 is 0. The van der Waals surface area contributed by atoms with E-state index in [0.29, 0.717) is 12.8 Å². The first-order valence-corrected chi connectivity index (χ1v) is 21.2. The van der Waals surface area contributed by atoms with Crippen LogP contribution >= 0.6 is 0 Å². The van der Waals surface area contributed by atoms with Crippen LogP contribution in [-0.2, 0) is 19.1 Å². The van der Waals surface area contributed by atoms with E-state index < -0.39 is 5.97 Å². The van der Waals surface area contributed by atoms with Crippen molar-refractivity contribution in [1.29, 1.82) is 0 Å². The van der Waals surface area contributed by atoms with Crippen molar-refractivity contribution in [3.63, 3.8) is 0 Å². The SMILES string of the molecule is CCCCCCCCCCCCCCCCCCCCC(=O)OC(CCCCCCCCCC)CCCCCCCC(=O)NCC(=O)O. The van der Waals surface area contributed by atoms with E-state index in [4.69, 9.17) is 9.84 Å². The maximum Gasteiger partial charge on any atom is 0.322 e. The number of hydrogen-bond acceptors (Lipinski definition) is 4. The smallest absolute Gasteiger partial charge is 0.322 e. The van der Waals surface area contributed by atoms with Gasteiger partial charge in [0.2, 0.25) is 5.91 Å². The molecule has 0 aliphatic carbocycles. The number of unbranched alkanes of at least 4 members (excludes halogenated alkanes) is 28. The van der Waals surface area contributed by atoms with E-state index in [0.717, 1.165) is 64.2 Å². The van der Waals surface area contributed by atoms with E-state index >= 15 is 0 Å². The third-order valence-electron chi connectivity index (χ3n) is 9.78. The fourth-order valence-corrected chi connectivity index (χ4v) is 6.63. The van der Waals surface area contributed by atoms with Crippen molar-refractivity contribution < 1.29 is 24.2 Å². The molecule has 0 fully saturated rings. The zero-order valence-electron chi connectivity index (χ0n) is 32.1. The molecule has 0 aliphatic rings. The Morgan fingerprint density at radius 3 is 1.12 bits per heavy atom. The maximum absolute atomic E-state index is 12.7. The molecule has 1 unspecified atom stereocenters. The van der Waals surface area contributed by atoms with Gasteiger partial charge in [0.15, 0.2) is 0 Å². The van der Waals surface area contributed by atoms with Crippen LogP contribution in [0.1, 0.15) is 239 Å². The average Bonchev–Trinajstić information content (AvgIpc) is 3.07. The summed E-state index contributed by atoms with van der Waals surface area (Å²) in [5.41, 5.74) is 0. The number of rotatable bonds is 39. The van der Waals surface area contributed by atoms with Gasteiger partial charge in [-0.1, -0.05) is 187 Å². The Morgan fingerprint density at radius 2 is 0.771 bits per heavy atom. The third kappa shape index (κ3) is 37.2. The summed E-state index contributed by atoms with van der Waals surface area (Å²) in [6.07, 6.45) is 42.3. The van der Waals surface area contributed by atoms with E-state index in [1.54, 1.807) is 0 Å². The molecule has 0 radical (unpaired) electrons. The summed E-state index contributed by atoms with van der Waals surface area (Å²) in [5.74, 6) is -1.21. The lowest BCUT2D eigenvalue weighted by Gasteiger charge is -2.18. The fourth-order valence-electron chi connectivity index (χ4n) is 6.63. The number of ether oxygens (including phenoxy) is 1. The number of nitrogens with one attached hydrogen (secondary N) is 1. The lowest BCUT2D eigenvalue weighted by Crippen LogP contribution is -2.28. The van der Waals surface area contributed by atoms with Crippen LogP contribution in [0, 0.1) is 0 Å². The van der Waals surface area contributed by atoms with Crippen molar-refractivity contribution in [2.45, 2.75) is 245 Å². The summed E-state index contributed by atoms with van der Waals surface area (Å²) in [5, 5.41) is 11.1. The summed E-state index contributed by atoms with van der Waals surface area (Å²) in [6.45, 7) is 4.23. The highest BCUT2D eigenvalue weighted by Crippen LogP contribution is 2.19. The molecule has 0 aromatic rings. The minimum absolute atomic E-state index is 0.0107. The fraction of sp³-hybridized carbons (Fsp3) is 0.929. The van der Waals surface area contributed by atoms with Gasteiger partial charge in [-0.15, -0.1) is 0 Å². The monoisotopic (exact) mass is 680 g/mol. The predicted molar refractivity (Wildman–Crippen MR) is 203 cm³/mol. The van der Waals surface area contributed by atoms with Crippen molar-refractivity contribution in [1.82, 2.24) is 5.32 Å². The van der Waals surface area contributed by atoms with Crippen molar-refractivity contribution in [2.75, 3.05) is 6.54 Å². The van der Waals surface area contributed by atoms with Gasteiger partial charge in [0.1, 0.15) is 12.6 Å². The van der Waals surface area contributed by atoms with Crippen molar-refractivity contribution in [3.05, 3.63) is 0 Å². The molecule has 0 saturated heterocycles. The van der Waals surface area contributed by atoms with Gasteiger partial charge >= 0.3 is 11.9 Å². The minimum Gasteiger partial charge on any atom is -0.480 e. The van der Waals surface area contributed by atoms with Crippen LogP contribution in [0.15, 0.2) is 0 Å². The molecule has 6 nitrogen and oxygen atoms in total. The summed E-state index contributed by atoms with van der Waals surface area (Å²) in [7, 11) is 0. The molecule has 0 aliphatic heterocycles. The van der Waals surface area contributed by atoms with Crippen LogP contribution in [0.25, 0.3) is 0 Å². The second kappa shape index (κ2) is 38.2. The molecule has 1 amide bonds. The normalized spacial score (nSPS) is 11.9.